The van der Waals surface area contributed by atoms with E-state index >= 15 is 0 Å². The average molecular weight is 202 g/mol. The highest BCUT2D eigenvalue weighted by molar-refractivity contribution is 5.54. The van der Waals surface area contributed by atoms with Crippen molar-refractivity contribution < 1.29 is 4.74 Å². The van der Waals surface area contributed by atoms with E-state index in [-0.39, 0.29) is 0 Å². The molecule has 1 heterocycles. The van der Waals surface area contributed by atoms with Gasteiger partial charge in [0.1, 0.15) is 5.75 Å². The zero-order valence-electron chi connectivity index (χ0n) is 8.51. The van der Waals surface area contributed by atoms with Gasteiger partial charge in [-0.2, -0.15) is 0 Å². The average Bonchev–Trinajstić information content (AvgIpc) is 2.30. The molecule has 76 valence electrons. The number of rotatable bonds is 2. The Morgan fingerprint density at radius 1 is 0.933 bits per heavy atom. The largest absolute Gasteiger partial charge is 0.497 e. The van der Waals surface area contributed by atoms with E-state index in [0.29, 0.717) is 11.6 Å². The van der Waals surface area contributed by atoms with Gasteiger partial charge in [-0.15, -0.1) is 20.4 Å². The Hall–Kier alpha value is -2.04. The van der Waals surface area contributed by atoms with Crippen molar-refractivity contribution in [3.05, 3.63) is 30.1 Å². The Kier molecular flexibility index (Phi) is 2.53. The molecule has 0 radical (unpaired) electrons. The second-order valence-electron chi connectivity index (χ2n) is 3.00. The van der Waals surface area contributed by atoms with Crippen molar-refractivity contribution in [2.45, 2.75) is 6.92 Å². The number of nitrogens with zero attached hydrogens (tertiary/aromatic N) is 4. The number of hydrogen-bond acceptors (Lipinski definition) is 5. The third-order valence-electron chi connectivity index (χ3n) is 1.93. The van der Waals surface area contributed by atoms with Crippen LogP contribution in [-0.2, 0) is 0 Å². The maximum atomic E-state index is 5.05. The number of methoxy groups -OCH3 is 1. The molecule has 0 spiro atoms. The van der Waals surface area contributed by atoms with Crippen LogP contribution in [0.2, 0.25) is 0 Å². The summed E-state index contributed by atoms with van der Waals surface area (Å²) in [5.74, 6) is 1.88. The van der Waals surface area contributed by atoms with E-state index in [1.165, 1.54) is 0 Å². The van der Waals surface area contributed by atoms with Crippen molar-refractivity contribution in [3.8, 4) is 17.1 Å². The van der Waals surface area contributed by atoms with Crippen LogP contribution in [0.3, 0.4) is 0 Å². The predicted molar refractivity (Wildman–Crippen MR) is 54.3 cm³/mol. The predicted octanol–water partition coefficient (Wildman–Crippen LogP) is 1.25. The zero-order chi connectivity index (χ0) is 10.7. The molecule has 0 atom stereocenters. The molecule has 0 bridgehead atoms. The lowest BCUT2D eigenvalue weighted by Crippen LogP contribution is -1.98. The fraction of sp³-hybridized carbons (Fsp3) is 0.200. The van der Waals surface area contributed by atoms with Gasteiger partial charge in [0.15, 0.2) is 5.82 Å². The van der Waals surface area contributed by atoms with Crippen LogP contribution >= 0.6 is 0 Å². The minimum atomic E-state index is 0.517. The van der Waals surface area contributed by atoms with Gasteiger partial charge in [-0.05, 0) is 31.2 Å². The molecule has 15 heavy (non-hydrogen) atoms. The summed E-state index contributed by atoms with van der Waals surface area (Å²) in [4.78, 5) is 0. The molecule has 0 fully saturated rings. The number of ether oxygens (including phenoxy) is 1. The molecule has 5 nitrogen and oxygen atoms in total. The van der Waals surface area contributed by atoms with Crippen molar-refractivity contribution in [1.82, 2.24) is 20.4 Å². The van der Waals surface area contributed by atoms with Crippen LogP contribution in [-0.4, -0.2) is 27.5 Å². The molecule has 1 aromatic carbocycles. The van der Waals surface area contributed by atoms with Gasteiger partial charge < -0.3 is 4.74 Å². The molecule has 0 N–H and O–H groups in total. The molecule has 0 amide bonds. The second kappa shape index (κ2) is 4.00. The standard InChI is InChI=1S/C10H10N4O/c1-7-11-13-10(14-12-7)8-3-5-9(15-2)6-4-8/h3-6H,1-2H3. The van der Waals surface area contributed by atoms with Crippen molar-refractivity contribution >= 4 is 0 Å². The first-order valence-electron chi connectivity index (χ1n) is 4.48. The molecule has 0 aliphatic carbocycles. The maximum Gasteiger partial charge on any atom is 0.203 e. The van der Waals surface area contributed by atoms with Gasteiger partial charge in [0, 0.05) is 5.56 Å². The van der Waals surface area contributed by atoms with E-state index in [0.717, 1.165) is 11.3 Å². The second-order valence-corrected chi connectivity index (χ2v) is 3.00. The molecule has 0 unspecified atom stereocenters. The Morgan fingerprint density at radius 3 is 2.07 bits per heavy atom. The van der Waals surface area contributed by atoms with Crippen LogP contribution in [0.25, 0.3) is 11.4 Å². The van der Waals surface area contributed by atoms with Crippen LogP contribution in [0.4, 0.5) is 0 Å². The van der Waals surface area contributed by atoms with Crippen LogP contribution in [0, 0.1) is 6.92 Å². The highest BCUT2D eigenvalue weighted by Crippen LogP contribution is 2.17. The van der Waals surface area contributed by atoms with Crippen molar-refractivity contribution in [1.29, 1.82) is 0 Å². The third kappa shape index (κ3) is 2.07. The van der Waals surface area contributed by atoms with Crippen molar-refractivity contribution in [2.24, 2.45) is 0 Å². The van der Waals surface area contributed by atoms with Crippen LogP contribution in [0.5, 0.6) is 5.75 Å². The summed E-state index contributed by atoms with van der Waals surface area (Å²) in [6.07, 6.45) is 0. The first-order chi connectivity index (χ1) is 7.29. The van der Waals surface area contributed by atoms with Gasteiger partial charge in [-0.3, -0.25) is 0 Å². The summed E-state index contributed by atoms with van der Waals surface area (Å²) in [5.41, 5.74) is 0.871. The van der Waals surface area contributed by atoms with Crippen LogP contribution < -0.4 is 4.74 Å². The zero-order valence-corrected chi connectivity index (χ0v) is 8.51. The van der Waals surface area contributed by atoms with Crippen molar-refractivity contribution in [3.63, 3.8) is 0 Å². The molecule has 0 saturated heterocycles. The van der Waals surface area contributed by atoms with Gasteiger partial charge in [-0.25, -0.2) is 0 Å². The first kappa shape index (κ1) is 9.51. The number of benzene rings is 1. The van der Waals surface area contributed by atoms with Gasteiger partial charge in [0.25, 0.3) is 0 Å². The lowest BCUT2D eigenvalue weighted by Gasteiger charge is -2.00. The van der Waals surface area contributed by atoms with Crippen molar-refractivity contribution in [2.75, 3.05) is 7.11 Å². The van der Waals surface area contributed by atoms with Gasteiger partial charge in [0.2, 0.25) is 5.82 Å². The molecule has 1 aromatic heterocycles. The molecule has 0 aliphatic rings. The van der Waals surface area contributed by atoms with Gasteiger partial charge in [-0.1, -0.05) is 0 Å². The molecule has 2 rings (SSSR count). The lowest BCUT2D eigenvalue weighted by molar-refractivity contribution is 0.415. The van der Waals surface area contributed by atoms with Gasteiger partial charge in [0.05, 0.1) is 7.11 Å². The van der Waals surface area contributed by atoms with E-state index in [4.69, 9.17) is 4.74 Å². The van der Waals surface area contributed by atoms with E-state index in [1.54, 1.807) is 14.0 Å². The van der Waals surface area contributed by atoms with Crippen LogP contribution in [0.15, 0.2) is 24.3 Å². The Morgan fingerprint density at radius 2 is 1.53 bits per heavy atom. The summed E-state index contributed by atoms with van der Waals surface area (Å²) in [7, 11) is 1.63. The minimum Gasteiger partial charge on any atom is -0.497 e. The summed E-state index contributed by atoms with van der Waals surface area (Å²) in [6.45, 7) is 1.75. The monoisotopic (exact) mass is 202 g/mol. The topological polar surface area (TPSA) is 60.8 Å². The normalized spacial score (nSPS) is 10.0. The number of hydrogen-bond donors (Lipinski definition) is 0. The Labute approximate surface area is 87.1 Å². The molecular formula is C10H10N4O. The minimum absolute atomic E-state index is 0.517. The van der Waals surface area contributed by atoms with E-state index < -0.39 is 0 Å². The quantitative estimate of drug-likeness (QED) is 0.733. The molecule has 0 saturated carbocycles. The Balaban J connectivity index is 2.33. The lowest BCUT2D eigenvalue weighted by atomic mass is 10.2. The summed E-state index contributed by atoms with van der Waals surface area (Å²) < 4.78 is 5.05. The smallest absolute Gasteiger partial charge is 0.203 e. The number of aryl methyl sites for hydroxylation is 1. The molecule has 5 heteroatoms. The first-order valence-corrected chi connectivity index (χ1v) is 4.48. The van der Waals surface area contributed by atoms with E-state index in [9.17, 15) is 0 Å². The molecular weight excluding hydrogens is 192 g/mol. The highest BCUT2D eigenvalue weighted by Gasteiger charge is 2.02. The molecule has 2 aromatic rings. The summed E-state index contributed by atoms with van der Waals surface area (Å²) in [5, 5.41) is 15.6. The highest BCUT2D eigenvalue weighted by atomic mass is 16.5. The summed E-state index contributed by atoms with van der Waals surface area (Å²) >= 11 is 0. The molecule has 0 aliphatic heterocycles. The van der Waals surface area contributed by atoms with Gasteiger partial charge >= 0.3 is 0 Å². The fourth-order valence-electron chi connectivity index (χ4n) is 1.14. The van der Waals surface area contributed by atoms with Crippen LogP contribution in [0.1, 0.15) is 5.82 Å². The fourth-order valence-corrected chi connectivity index (χ4v) is 1.14. The summed E-state index contributed by atoms with van der Waals surface area (Å²) in [6, 6.07) is 7.43. The number of aromatic nitrogens is 4. The van der Waals surface area contributed by atoms with E-state index in [1.807, 2.05) is 24.3 Å². The SMILES string of the molecule is COc1ccc(-c2nnc(C)nn2)cc1. The maximum absolute atomic E-state index is 5.05. The Bertz CT molecular complexity index is 438. The third-order valence-corrected chi connectivity index (χ3v) is 1.93. The van der Waals surface area contributed by atoms with E-state index in [2.05, 4.69) is 20.4 Å².